The molecule has 0 saturated carbocycles. The van der Waals surface area contributed by atoms with Gasteiger partial charge < -0.3 is 5.73 Å². The van der Waals surface area contributed by atoms with Crippen molar-refractivity contribution in [2.24, 2.45) is 0 Å². The first-order chi connectivity index (χ1) is 5.65. The number of nitrogen functional groups attached to an aromatic ring is 1. The fraction of sp³-hybridized carbons (Fsp3) is 0.286. The monoisotopic (exact) mass is 192 g/mol. The molecule has 12 heavy (non-hydrogen) atoms. The minimum Gasteiger partial charge on any atom is -0.383 e. The Morgan fingerprint density at radius 2 is 2.17 bits per heavy atom. The van der Waals surface area contributed by atoms with Gasteiger partial charge in [0.1, 0.15) is 5.82 Å². The van der Waals surface area contributed by atoms with Gasteiger partial charge in [0.15, 0.2) is 0 Å². The Morgan fingerprint density at radius 1 is 1.50 bits per heavy atom. The van der Waals surface area contributed by atoms with Crippen LogP contribution in [0.15, 0.2) is 12.1 Å². The highest BCUT2D eigenvalue weighted by Gasteiger charge is 2.11. The Bertz CT molecular complexity index is 278. The molecule has 0 bridgehead atoms. The van der Waals surface area contributed by atoms with Crippen LogP contribution < -0.4 is 5.73 Å². The van der Waals surface area contributed by atoms with Crippen LogP contribution in [0.1, 0.15) is 17.7 Å². The van der Waals surface area contributed by atoms with Crippen LogP contribution in [0.3, 0.4) is 0 Å². The summed E-state index contributed by atoms with van der Waals surface area (Å²) < 4.78 is 24.2. The van der Waals surface area contributed by atoms with E-state index >= 15 is 0 Å². The van der Waals surface area contributed by atoms with Gasteiger partial charge in [-0.2, -0.15) is 0 Å². The average Bonchev–Trinajstić information content (AvgIpc) is 2.03. The van der Waals surface area contributed by atoms with Crippen LogP contribution in [0.4, 0.5) is 14.6 Å². The molecule has 0 aromatic carbocycles. The number of halogens is 3. The summed E-state index contributed by atoms with van der Waals surface area (Å²) in [7, 11) is 0. The van der Waals surface area contributed by atoms with E-state index < -0.39 is 6.43 Å². The number of hydrogen-bond donors (Lipinski definition) is 1. The summed E-state index contributed by atoms with van der Waals surface area (Å²) >= 11 is 5.43. The molecule has 0 amide bonds. The molecule has 1 heterocycles. The van der Waals surface area contributed by atoms with Crippen molar-refractivity contribution < 1.29 is 8.78 Å². The van der Waals surface area contributed by atoms with E-state index in [1.165, 1.54) is 12.1 Å². The van der Waals surface area contributed by atoms with Crippen LogP contribution in [0.2, 0.25) is 0 Å². The van der Waals surface area contributed by atoms with E-state index in [-0.39, 0.29) is 17.3 Å². The number of pyridine rings is 1. The Morgan fingerprint density at radius 3 is 2.58 bits per heavy atom. The van der Waals surface area contributed by atoms with Gasteiger partial charge in [-0.25, -0.2) is 13.8 Å². The van der Waals surface area contributed by atoms with Gasteiger partial charge in [0.05, 0.1) is 17.1 Å². The maximum absolute atomic E-state index is 12.1. The van der Waals surface area contributed by atoms with Crippen LogP contribution in [0.25, 0.3) is 0 Å². The van der Waals surface area contributed by atoms with E-state index in [1.54, 1.807) is 0 Å². The Balaban J connectivity index is 3.03. The Labute approximate surface area is 73.4 Å². The van der Waals surface area contributed by atoms with Gasteiger partial charge in [-0.3, -0.25) is 0 Å². The fourth-order valence-electron chi connectivity index (χ4n) is 0.787. The van der Waals surface area contributed by atoms with Crippen LogP contribution >= 0.6 is 11.6 Å². The smallest absolute Gasteiger partial charge is 0.267 e. The standard InChI is InChI=1S/C7H7ClF2N2/c8-3-4-1-2-5(6(9)10)7(11)12-4/h1-2,6H,3H2,(H2,11,12). The first-order valence-corrected chi connectivity index (χ1v) is 3.78. The lowest BCUT2D eigenvalue weighted by molar-refractivity contribution is 0.152. The highest BCUT2D eigenvalue weighted by Crippen LogP contribution is 2.23. The van der Waals surface area contributed by atoms with Crippen molar-refractivity contribution in [1.82, 2.24) is 4.98 Å². The van der Waals surface area contributed by atoms with Crippen LogP contribution in [-0.4, -0.2) is 4.98 Å². The SMILES string of the molecule is Nc1nc(CCl)ccc1C(F)F. The molecule has 0 aliphatic carbocycles. The molecule has 2 nitrogen and oxygen atoms in total. The van der Waals surface area contributed by atoms with Gasteiger partial charge in [-0.1, -0.05) is 0 Å². The van der Waals surface area contributed by atoms with E-state index in [0.29, 0.717) is 5.69 Å². The molecule has 0 radical (unpaired) electrons. The molecular formula is C7H7ClF2N2. The lowest BCUT2D eigenvalue weighted by Crippen LogP contribution is -2.00. The lowest BCUT2D eigenvalue weighted by Gasteiger charge is -2.03. The summed E-state index contributed by atoms with van der Waals surface area (Å²) in [4.78, 5) is 3.68. The van der Waals surface area contributed by atoms with Crippen molar-refractivity contribution in [1.29, 1.82) is 0 Å². The minimum atomic E-state index is -2.58. The average molecular weight is 193 g/mol. The zero-order chi connectivity index (χ0) is 9.14. The van der Waals surface area contributed by atoms with E-state index in [9.17, 15) is 8.78 Å². The number of alkyl halides is 3. The van der Waals surface area contributed by atoms with Gasteiger partial charge in [-0.15, -0.1) is 11.6 Å². The second kappa shape index (κ2) is 3.67. The third-order valence-corrected chi connectivity index (χ3v) is 1.66. The third kappa shape index (κ3) is 1.82. The van der Waals surface area contributed by atoms with Gasteiger partial charge in [0, 0.05) is 0 Å². The summed E-state index contributed by atoms with van der Waals surface area (Å²) in [6.07, 6.45) is -2.58. The predicted molar refractivity (Wildman–Crippen MR) is 43.2 cm³/mol. The summed E-state index contributed by atoms with van der Waals surface area (Å²) in [6, 6.07) is 2.68. The minimum absolute atomic E-state index is 0.150. The molecule has 0 atom stereocenters. The fourth-order valence-corrected chi connectivity index (χ4v) is 0.936. The summed E-state index contributed by atoms with van der Waals surface area (Å²) in [5.74, 6) is 0.0245. The molecule has 1 aromatic heterocycles. The Kier molecular flexibility index (Phi) is 2.81. The number of nitrogens with two attached hydrogens (primary N) is 1. The second-order valence-corrected chi connectivity index (χ2v) is 2.48. The topological polar surface area (TPSA) is 38.9 Å². The molecule has 66 valence electrons. The quantitative estimate of drug-likeness (QED) is 0.731. The molecule has 1 rings (SSSR count). The molecule has 0 spiro atoms. The van der Waals surface area contributed by atoms with Crippen molar-refractivity contribution in [2.45, 2.75) is 12.3 Å². The van der Waals surface area contributed by atoms with Crippen molar-refractivity contribution in [2.75, 3.05) is 5.73 Å². The summed E-state index contributed by atoms with van der Waals surface area (Å²) in [5.41, 5.74) is 5.50. The lowest BCUT2D eigenvalue weighted by atomic mass is 10.2. The molecule has 0 fully saturated rings. The molecule has 0 unspecified atom stereocenters. The van der Waals surface area contributed by atoms with Crippen LogP contribution in [0, 0.1) is 0 Å². The summed E-state index contributed by atoms with van der Waals surface area (Å²) in [6.45, 7) is 0. The van der Waals surface area contributed by atoms with Crippen LogP contribution in [0.5, 0.6) is 0 Å². The zero-order valence-corrected chi connectivity index (χ0v) is 6.85. The molecule has 2 N–H and O–H groups in total. The predicted octanol–water partition coefficient (Wildman–Crippen LogP) is 2.34. The van der Waals surface area contributed by atoms with E-state index in [0.717, 1.165) is 0 Å². The molecule has 0 saturated heterocycles. The van der Waals surface area contributed by atoms with Gasteiger partial charge >= 0.3 is 0 Å². The van der Waals surface area contributed by atoms with Crippen molar-refractivity contribution >= 4 is 17.4 Å². The van der Waals surface area contributed by atoms with Crippen molar-refractivity contribution in [3.8, 4) is 0 Å². The number of hydrogen-bond acceptors (Lipinski definition) is 2. The number of anilines is 1. The maximum atomic E-state index is 12.1. The van der Waals surface area contributed by atoms with Crippen molar-refractivity contribution in [3.05, 3.63) is 23.4 Å². The zero-order valence-electron chi connectivity index (χ0n) is 6.10. The highest BCUT2D eigenvalue weighted by molar-refractivity contribution is 6.16. The van der Waals surface area contributed by atoms with Gasteiger partial charge in [-0.05, 0) is 12.1 Å². The summed E-state index contributed by atoms with van der Waals surface area (Å²) in [5, 5.41) is 0. The molecule has 1 aromatic rings. The highest BCUT2D eigenvalue weighted by atomic mass is 35.5. The third-order valence-electron chi connectivity index (χ3n) is 1.39. The van der Waals surface area contributed by atoms with Crippen molar-refractivity contribution in [3.63, 3.8) is 0 Å². The van der Waals surface area contributed by atoms with E-state index in [2.05, 4.69) is 4.98 Å². The maximum Gasteiger partial charge on any atom is 0.267 e. The molecule has 0 aliphatic heterocycles. The molecule has 5 heteroatoms. The normalized spacial score (nSPS) is 10.7. The van der Waals surface area contributed by atoms with Crippen LogP contribution in [-0.2, 0) is 5.88 Å². The first-order valence-electron chi connectivity index (χ1n) is 3.24. The first kappa shape index (κ1) is 9.19. The second-order valence-electron chi connectivity index (χ2n) is 2.21. The van der Waals surface area contributed by atoms with Gasteiger partial charge in [0.25, 0.3) is 6.43 Å². The number of aromatic nitrogens is 1. The molecule has 0 aliphatic rings. The number of nitrogens with zero attached hydrogens (tertiary/aromatic N) is 1. The van der Waals surface area contributed by atoms with E-state index in [4.69, 9.17) is 17.3 Å². The molecular weight excluding hydrogens is 186 g/mol. The number of rotatable bonds is 2. The largest absolute Gasteiger partial charge is 0.383 e. The Hall–Kier alpha value is -0.900. The van der Waals surface area contributed by atoms with Gasteiger partial charge in [0.2, 0.25) is 0 Å². The van der Waals surface area contributed by atoms with E-state index in [1.807, 2.05) is 0 Å².